The summed E-state index contributed by atoms with van der Waals surface area (Å²) in [5, 5.41) is 3.90. The number of nitrogens with two attached hydrogens (primary N) is 1. The number of hydrogen-bond donors (Lipinski definition) is 3. The van der Waals surface area contributed by atoms with Gasteiger partial charge in [-0.25, -0.2) is 12.7 Å². The maximum absolute atomic E-state index is 12.4. The number of rotatable bonds is 9. The zero-order valence-corrected chi connectivity index (χ0v) is 22.5. The van der Waals surface area contributed by atoms with E-state index in [1.54, 1.807) is 17.3 Å². The second-order valence-corrected chi connectivity index (χ2v) is 12.5. The highest BCUT2D eigenvalue weighted by Gasteiger charge is 2.29. The number of aromatic nitrogens is 1. The van der Waals surface area contributed by atoms with Crippen molar-refractivity contribution < 1.29 is 18.0 Å². The first-order valence-corrected chi connectivity index (χ1v) is 14.5. The molecule has 1 fully saturated rings. The summed E-state index contributed by atoms with van der Waals surface area (Å²) in [6.07, 6.45) is 3.84. The summed E-state index contributed by atoms with van der Waals surface area (Å²) in [5.74, 6) is 0.0877. The molecule has 0 spiro atoms. The predicted octanol–water partition coefficient (Wildman–Crippen LogP) is 4.13. The summed E-state index contributed by atoms with van der Waals surface area (Å²) in [7, 11) is -3.20. The minimum absolute atomic E-state index is 0.0209. The first-order chi connectivity index (χ1) is 17.6. The van der Waals surface area contributed by atoms with Crippen LogP contribution in [0.3, 0.4) is 0 Å². The average molecular weight is 525 g/mol. The number of piperidine rings is 1. The molecule has 0 aliphatic carbocycles. The maximum atomic E-state index is 12.4. The molecule has 2 amide bonds. The smallest absolute Gasteiger partial charge is 0.250 e. The van der Waals surface area contributed by atoms with Gasteiger partial charge in [-0.3, -0.25) is 9.59 Å². The molecule has 0 unspecified atom stereocenters. The molecule has 0 atom stereocenters. The zero-order chi connectivity index (χ0) is 26.7. The minimum Gasteiger partial charge on any atom is -0.366 e. The lowest BCUT2D eigenvalue weighted by Crippen LogP contribution is -2.38. The second-order valence-electron chi connectivity index (χ2n) is 10.2. The summed E-state index contributed by atoms with van der Waals surface area (Å²) in [4.78, 5) is 27.7. The van der Waals surface area contributed by atoms with Crippen LogP contribution < -0.4 is 11.1 Å². The molecule has 4 N–H and O–H groups in total. The number of amides is 2. The van der Waals surface area contributed by atoms with Gasteiger partial charge in [-0.1, -0.05) is 32.0 Å². The molecule has 4 rings (SSSR count). The van der Waals surface area contributed by atoms with E-state index in [9.17, 15) is 18.0 Å². The summed E-state index contributed by atoms with van der Waals surface area (Å²) in [6, 6.07) is 11.8. The van der Waals surface area contributed by atoms with Crippen molar-refractivity contribution in [2.45, 2.75) is 52.5 Å². The number of benzene rings is 2. The number of carbonyl (C=O) groups excluding carboxylic acids is 2. The number of nitrogens with one attached hydrogen (secondary N) is 2. The lowest BCUT2D eigenvalue weighted by atomic mass is 9.88. The molecule has 0 saturated carbocycles. The Morgan fingerprint density at radius 2 is 1.86 bits per heavy atom. The van der Waals surface area contributed by atoms with Gasteiger partial charge in [0.25, 0.3) is 5.91 Å². The fraction of sp³-hybridized carbons (Fsp3) is 0.429. The van der Waals surface area contributed by atoms with Crippen LogP contribution >= 0.6 is 0 Å². The first kappa shape index (κ1) is 26.9. The van der Waals surface area contributed by atoms with Crippen LogP contribution in [0.15, 0.2) is 42.6 Å². The minimum atomic E-state index is -3.20. The van der Waals surface area contributed by atoms with Crippen LogP contribution in [0.25, 0.3) is 22.0 Å². The Morgan fingerprint density at radius 3 is 2.51 bits per heavy atom. The van der Waals surface area contributed by atoms with Crippen LogP contribution in [0.2, 0.25) is 0 Å². The molecule has 9 heteroatoms. The first-order valence-electron chi connectivity index (χ1n) is 12.9. The van der Waals surface area contributed by atoms with Gasteiger partial charge in [0, 0.05) is 37.6 Å². The van der Waals surface area contributed by atoms with Gasteiger partial charge in [-0.15, -0.1) is 0 Å². The topological polar surface area (TPSA) is 125 Å². The molecule has 1 aromatic heterocycles. The van der Waals surface area contributed by atoms with E-state index >= 15 is 0 Å². The van der Waals surface area contributed by atoms with Gasteiger partial charge in [0.15, 0.2) is 0 Å². The van der Waals surface area contributed by atoms with E-state index in [2.05, 4.69) is 16.4 Å². The van der Waals surface area contributed by atoms with Crippen molar-refractivity contribution in [1.29, 1.82) is 0 Å². The van der Waals surface area contributed by atoms with E-state index in [1.807, 2.05) is 44.3 Å². The van der Waals surface area contributed by atoms with E-state index in [0.717, 1.165) is 27.6 Å². The van der Waals surface area contributed by atoms with Crippen molar-refractivity contribution in [3.63, 3.8) is 0 Å². The molecule has 37 heavy (non-hydrogen) atoms. The standard InChI is InChI=1S/C28H36N4O4S/c1-4-37(35,36)32-10-8-20(9-11-32)25-17-31-27-23(25)14-22(15-24(27)28(29)34)21-7-5-6-19(13-21)16-30-26(33)12-18(2)3/h5-7,13-15,17-18,20,31H,4,8-12,16H2,1-3H3,(H2,29,34)(H,30,33). The van der Waals surface area contributed by atoms with Crippen molar-refractivity contribution in [2.75, 3.05) is 18.8 Å². The monoisotopic (exact) mass is 524 g/mol. The Hall–Kier alpha value is -3.17. The Morgan fingerprint density at radius 1 is 1.14 bits per heavy atom. The number of sulfonamides is 1. The van der Waals surface area contributed by atoms with Crippen molar-refractivity contribution in [3.8, 4) is 11.1 Å². The van der Waals surface area contributed by atoms with Crippen LogP contribution in [-0.2, 0) is 21.4 Å². The Bertz CT molecular complexity index is 1400. The fourth-order valence-electron chi connectivity index (χ4n) is 5.08. The normalized spacial score (nSPS) is 15.4. The molecule has 1 aliphatic rings. The number of fused-ring (bicyclic) bond motifs is 1. The second kappa shape index (κ2) is 11.1. The predicted molar refractivity (Wildman–Crippen MR) is 147 cm³/mol. The maximum Gasteiger partial charge on any atom is 0.250 e. The Balaban J connectivity index is 1.64. The van der Waals surface area contributed by atoms with Crippen molar-refractivity contribution in [1.82, 2.24) is 14.6 Å². The lowest BCUT2D eigenvalue weighted by molar-refractivity contribution is -0.121. The third-order valence-electron chi connectivity index (χ3n) is 7.08. The quantitative estimate of drug-likeness (QED) is 0.389. The summed E-state index contributed by atoms with van der Waals surface area (Å²) in [6.45, 7) is 7.10. The van der Waals surface area contributed by atoms with Crippen LogP contribution in [0.1, 0.15) is 67.4 Å². The third kappa shape index (κ3) is 6.05. The van der Waals surface area contributed by atoms with Crippen molar-refractivity contribution in [3.05, 3.63) is 59.3 Å². The largest absolute Gasteiger partial charge is 0.366 e. The van der Waals surface area contributed by atoms with Crippen LogP contribution in [-0.4, -0.2) is 48.4 Å². The molecule has 0 bridgehead atoms. The van der Waals surface area contributed by atoms with Crippen LogP contribution in [0.4, 0.5) is 0 Å². The average Bonchev–Trinajstić information content (AvgIpc) is 3.30. The molecule has 3 aromatic rings. The van der Waals surface area contributed by atoms with Gasteiger partial charge in [-0.2, -0.15) is 0 Å². The zero-order valence-electron chi connectivity index (χ0n) is 21.7. The number of nitrogens with zero attached hydrogens (tertiary/aromatic N) is 1. The van der Waals surface area contributed by atoms with Crippen LogP contribution in [0, 0.1) is 5.92 Å². The van der Waals surface area contributed by atoms with Crippen molar-refractivity contribution >= 4 is 32.7 Å². The molecule has 2 aromatic carbocycles. The number of hydrogen-bond acceptors (Lipinski definition) is 4. The number of carbonyl (C=O) groups is 2. The number of primary amides is 1. The van der Waals surface area contributed by atoms with E-state index in [0.29, 0.717) is 55.9 Å². The molecular weight excluding hydrogens is 488 g/mol. The number of aromatic amines is 1. The van der Waals surface area contributed by atoms with Crippen LogP contribution in [0.5, 0.6) is 0 Å². The molecular formula is C28H36N4O4S. The van der Waals surface area contributed by atoms with E-state index in [1.165, 1.54) is 0 Å². The van der Waals surface area contributed by atoms with Crippen molar-refractivity contribution in [2.24, 2.45) is 11.7 Å². The molecule has 1 saturated heterocycles. The highest BCUT2D eigenvalue weighted by Crippen LogP contribution is 2.37. The molecule has 2 heterocycles. The van der Waals surface area contributed by atoms with E-state index < -0.39 is 15.9 Å². The van der Waals surface area contributed by atoms with Gasteiger partial charge in [0.2, 0.25) is 15.9 Å². The summed E-state index contributed by atoms with van der Waals surface area (Å²) < 4.78 is 26.1. The van der Waals surface area contributed by atoms with Gasteiger partial charge in [0.05, 0.1) is 16.8 Å². The molecule has 1 aliphatic heterocycles. The van der Waals surface area contributed by atoms with Gasteiger partial charge in [0.1, 0.15) is 0 Å². The van der Waals surface area contributed by atoms with Gasteiger partial charge < -0.3 is 16.0 Å². The SMILES string of the molecule is CCS(=O)(=O)N1CCC(c2c[nH]c3c(C(N)=O)cc(-c4cccc(CNC(=O)CC(C)C)c4)cc23)CC1. The third-order valence-corrected chi connectivity index (χ3v) is 8.96. The molecule has 198 valence electrons. The Labute approximate surface area is 218 Å². The number of H-pyrrole nitrogens is 1. The van der Waals surface area contributed by atoms with E-state index in [4.69, 9.17) is 5.73 Å². The molecule has 0 radical (unpaired) electrons. The molecule has 8 nitrogen and oxygen atoms in total. The fourth-order valence-corrected chi connectivity index (χ4v) is 6.22. The highest BCUT2D eigenvalue weighted by molar-refractivity contribution is 7.89. The lowest BCUT2D eigenvalue weighted by Gasteiger charge is -2.31. The highest BCUT2D eigenvalue weighted by atomic mass is 32.2. The Kier molecular flexibility index (Phi) is 8.04. The summed E-state index contributed by atoms with van der Waals surface area (Å²) >= 11 is 0. The van der Waals surface area contributed by atoms with E-state index in [-0.39, 0.29) is 17.6 Å². The van der Waals surface area contributed by atoms with Gasteiger partial charge >= 0.3 is 0 Å². The summed E-state index contributed by atoms with van der Waals surface area (Å²) in [5.41, 5.74) is 10.7. The van der Waals surface area contributed by atoms with Gasteiger partial charge in [-0.05, 0) is 72.1 Å².